The third kappa shape index (κ3) is 8.18. The van der Waals surface area contributed by atoms with E-state index >= 15 is 0 Å². The minimum Gasteiger partial charge on any atom is -0.0761 e. The molecule has 0 atom stereocenters. The Labute approximate surface area is 136 Å². The van der Waals surface area contributed by atoms with Crippen LogP contribution in [0.2, 0.25) is 0 Å². The van der Waals surface area contributed by atoms with Crippen molar-refractivity contribution in [2.24, 2.45) is 0 Å². The smallest absolute Gasteiger partial charge is 0.0405 e. The molecular weight excluding hydrogens is 264 g/mol. The second-order valence-corrected chi connectivity index (χ2v) is 5.17. The first kappa shape index (κ1) is 17.9. The number of hydrogen-bond acceptors (Lipinski definition) is 0. The predicted octanol–water partition coefficient (Wildman–Crippen LogP) is 5.88. The van der Waals surface area contributed by atoms with Crippen LogP contribution in [0, 0.1) is 23.7 Å². The summed E-state index contributed by atoms with van der Waals surface area (Å²) in [6.45, 7) is 4.40. The van der Waals surface area contributed by atoms with Crippen LogP contribution < -0.4 is 0 Å². The Morgan fingerprint density at radius 1 is 0.773 bits per heavy atom. The van der Waals surface area contributed by atoms with E-state index in [0.29, 0.717) is 0 Å². The molecule has 0 heteroatoms. The molecule has 0 bridgehead atoms. The van der Waals surface area contributed by atoms with Gasteiger partial charge in [-0.25, -0.2) is 0 Å². The highest BCUT2D eigenvalue weighted by Crippen LogP contribution is 2.05. The van der Waals surface area contributed by atoms with Gasteiger partial charge in [0.15, 0.2) is 0 Å². The van der Waals surface area contributed by atoms with Crippen LogP contribution in [0.1, 0.15) is 63.5 Å². The molecule has 0 spiro atoms. The summed E-state index contributed by atoms with van der Waals surface area (Å²) in [4.78, 5) is 0. The molecule has 0 saturated carbocycles. The molecule has 0 radical (unpaired) electrons. The van der Waals surface area contributed by atoms with Gasteiger partial charge in [0.05, 0.1) is 0 Å². The third-order valence-corrected chi connectivity index (χ3v) is 3.19. The molecule has 1 aromatic rings. The van der Waals surface area contributed by atoms with Crippen LogP contribution in [0.5, 0.6) is 0 Å². The van der Waals surface area contributed by atoms with E-state index in [1.54, 1.807) is 0 Å². The molecule has 0 fully saturated rings. The number of rotatable bonds is 6. The van der Waals surface area contributed by atoms with Crippen LogP contribution in [0.3, 0.4) is 0 Å². The van der Waals surface area contributed by atoms with Gasteiger partial charge in [-0.3, -0.25) is 0 Å². The summed E-state index contributed by atoms with van der Waals surface area (Å²) >= 11 is 0. The molecule has 0 amide bonds. The van der Waals surface area contributed by atoms with Crippen molar-refractivity contribution in [1.82, 2.24) is 0 Å². The zero-order valence-corrected chi connectivity index (χ0v) is 13.9. The maximum atomic E-state index is 3.19. The molecule has 0 nitrogen and oxygen atoms in total. The second-order valence-electron chi connectivity index (χ2n) is 5.17. The molecule has 1 aromatic carbocycles. The SMILES string of the molecule is CCCC/C=C/C#Cc1ccccc1C#C/C=C/CCCC. The van der Waals surface area contributed by atoms with Gasteiger partial charge in [0.2, 0.25) is 0 Å². The van der Waals surface area contributed by atoms with Crippen molar-refractivity contribution in [3.05, 3.63) is 59.7 Å². The van der Waals surface area contributed by atoms with E-state index in [0.717, 1.165) is 24.0 Å². The van der Waals surface area contributed by atoms with Gasteiger partial charge < -0.3 is 0 Å². The minimum atomic E-state index is 0.997. The Morgan fingerprint density at radius 2 is 1.23 bits per heavy atom. The summed E-state index contributed by atoms with van der Waals surface area (Å²) in [5.41, 5.74) is 1.99. The first-order valence-corrected chi connectivity index (χ1v) is 8.30. The van der Waals surface area contributed by atoms with Crippen molar-refractivity contribution in [3.8, 4) is 23.7 Å². The molecular formula is C22H26. The van der Waals surface area contributed by atoms with Crippen LogP contribution >= 0.6 is 0 Å². The Hall–Kier alpha value is -2.18. The largest absolute Gasteiger partial charge is 0.0761 e. The van der Waals surface area contributed by atoms with Gasteiger partial charge in [0.25, 0.3) is 0 Å². The van der Waals surface area contributed by atoms with Crippen molar-refractivity contribution in [2.75, 3.05) is 0 Å². The number of benzene rings is 1. The Bertz CT molecular complexity index is 539. The Balaban J connectivity index is 2.66. The first-order valence-electron chi connectivity index (χ1n) is 8.30. The van der Waals surface area contributed by atoms with Gasteiger partial charge in [-0.15, -0.1) is 0 Å². The molecule has 0 aliphatic heterocycles. The van der Waals surface area contributed by atoms with Gasteiger partial charge in [-0.05, 0) is 37.1 Å². The maximum Gasteiger partial charge on any atom is 0.0405 e. The number of allylic oxidation sites excluding steroid dienone is 4. The zero-order valence-electron chi connectivity index (χ0n) is 13.9. The van der Waals surface area contributed by atoms with Crippen LogP contribution in [0.15, 0.2) is 48.6 Å². The standard InChI is InChI=1S/C22H26/c1-3-5-7-9-11-13-17-21-19-15-16-20-22(21)18-14-12-10-8-6-4-2/h9-12,15-16,19-20H,3-8H2,1-2H3/b11-9+,12-10+. The normalized spacial score (nSPS) is 10.3. The lowest BCUT2D eigenvalue weighted by Gasteiger charge is -1.94. The van der Waals surface area contributed by atoms with E-state index < -0.39 is 0 Å². The molecule has 114 valence electrons. The molecule has 22 heavy (non-hydrogen) atoms. The van der Waals surface area contributed by atoms with Crippen LogP contribution in [0.4, 0.5) is 0 Å². The Morgan fingerprint density at radius 3 is 1.64 bits per heavy atom. The van der Waals surface area contributed by atoms with Crippen LogP contribution in [-0.4, -0.2) is 0 Å². The molecule has 0 N–H and O–H groups in total. The van der Waals surface area contributed by atoms with Gasteiger partial charge in [0, 0.05) is 11.1 Å². The molecule has 1 rings (SSSR count). The van der Waals surface area contributed by atoms with Crippen molar-refractivity contribution in [2.45, 2.75) is 52.4 Å². The van der Waals surface area contributed by atoms with Gasteiger partial charge >= 0.3 is 0 Å². The van der Waals surface area contributed by atoms with E-state index in [9.17, 15) is 0 Å². The quantitative estimate of drug-likeness (QED) is 0.453. The topological polar surface area (TPSA) is 0 Å². The number of hydrogen-bond donors (Lipinski definition) is 0. The highest BCUT2D eigenvalue weighted by atomic mass is 13.9. The summed E-state index contributed by atoms with van der Waals surface area (Å²) in [6, 6.07) is 8.07. The maximum absolute atomic E-state index is 3.19. The molecule has 0 aliphatic rings. The highest BCUT2D eigenvalue weighted by molar-refractivity contribution is 5.51. The van der Waals surface area contributed by atoms with Crippen LogP contribution in [-0.2, 0) is 0 Å². The fraction of sp³-hybridized carbons (Fsp3) is 0.364. The van der Waals surface area contributed by atoms with Crippen molar-refractivity contribution in [3.63, 3.8) is 0 Å². The van der Waals surface area contributed by atoms with E-state index in [1.807, 2.05) is 36.4 Å². The van der Waals surface area contributed by atoms with Gasteiger partial charge in [-0.2, -0.15) is 0 Å². The highest BCUT2D eigenvalue weighted by Gasteiger charge is 1.93. The molecule has 0 heterocycles. The monoisotopic (exact) mass is 290 g/mol. The van der Waals surface area contributed by atoms with Crippen LogP contribution in [0.25, 0.3) is 0 Å². The lowest BCUT2D eigenvalue weighted by Crippen LogP contribution is -1.81. The predicted molar refractivity (Wildman–Crippen MR) is 97.5 cm³/mol. The fourth-order valence-electron chi connectivity index (χ4n) is 1.87. The summed E-state index contributed by atoms with van der Waals surface area (Å²) in [7, 11) is 0. The van der Waals surface area contributed by atoms with E-state index in [1.165, 1.54) is 25.7 Å². The van der Waals surface area contributed by atoms with Gasteiger partial charge in [0.1, 0.15) is 0 Å². The average molecular weight is 290 g/mol. The lowest BCUT2D eigenvalue weighted by molar-refractivity contribution is 0.815. The summed E-state index contributed by atoms with van der Waals surface area (Å²) in [5, 5.41) is 0. The first-order chi connectivity index (χ1) is 10.9. The second kappa shape index (κ2) is 12.6. The fourth-order valence-corrected chi connectivity index (χ4v) is 1.87. The van der Waals surface area contributed by atoms with Gasteiger partial charge in [-0.1, -0.05) is 87.5 Å². The summed E-state index contributed by atoms with van der Waals surface area (Å²) in [5.74, 6) is 12.6. The zero-order chi connectivity index (χ0) is 15.9. The van der Waals surface area contributed by atoms with E-state index in [-0.39, 0.29) is 0 Å². The average Bonchev–Trinajstić information content (AvgIpc) is 2.55. The van der Waals surface area contributed by atoms with Crippen molar-refractivity contribution in [1.29, 1.82) is 0 Å². The minimum absolute atomic E-state index is 0.997. The van der Waals surface area contributed by atoms with Crippen molar-refractivity contribution < 1.29 is 0 Å². The van der Waals surface area contributed by atoms with E-state index in [4.69, 9.17) is 0 Å². The number of unbranched alkanes of at least 4 members (excludes halogenated alkanes) is 4. The molecule has 0 saturated heterocycles. The van der Waals surface area contributed by atoms with E-state index in [2.05, 4.69) is 49.7 Å². The molecule has 0 unspecified atom stereocenters. The lowest BCUT2D eigenvalue weighted by atomic mass is 10.1. The molecule has 0 aliphatic carbocycles. The molecule has 0 aromatic heterocycles. The summed E-state index contributed by atoms with van der Waals surface area (Å²) < 4.78 is 0. The van der Waals surface area contributed by atoms with Crippen molar-refractivity contribution >= 4 is 0 Å². The third-order valence-electron chi connectivity index (χ3n) is 3.19. The summed E-state index contributed by atoms with van der Waals surface area (Å²) in [6.07, 6.45) is 15.3. The Kier molecular flexibility index (Phi) is 10.2.